The van der Waals surface area contributed by atoms with E-state index in [1.54, 1.807) is 6.07 Å². The second-order valence-corrected chi connectivity index (χ2v) is 12.4. The molecule has 0 fully saturated rings. The SMILES string of the molecule is NC1(Nc2cccc(S(=O)(=O)/C=C/OS(=O)(=O)O)c2)C(S(=O)(=O)O)=CCC2=C1C(=O)c1ccccc1C2=O. The zero-order chi connectivity index (χ0) is 28.1. The third-order valence-electron chi connectivity index (χ3n) is 5.69. The van der Waals surface area contributed by atoms with Crippen LogP contribution < -0.4 is 11.1 Å². The Morgan fingerprint density at radius 2 is 1.55 bits per heavy atom. The first-order valence-electron chi connectivity index (χ1n) is 10.4. The fourth-order valence-electron chi connectivity index (χ4n) is 4.17. The van der Waals surface area contributed by atoms with Crippen LogP contribution in [0.3, 0.4) is 0 Å². The van der Waals surface area contributed by atoms with Crippen LogP contribution in [0.15, 0.2) is 87.2 Å². The predicted molar refractivity (Wildman–Crippen MR) is 132 cm³/mol. The number of allylic oxidation sites excluding steroid dienone is 2. The summed E-state index contributed by atoms with van der Waals surface area (Å²) in [5.74, 6) is -1.34. The summed E-state index contributed by atoms with van der Waals surface area (Å²) in [5, 5.41) is 2.91. The van der Waals surface area contributed by atoms with Crippen molar-refractivity contribution in [2.75, 3.05) is 5.32 Å². The monoisotopic (exact) mass is 582 g/mol. The molecule has 0 aromatic heterocycles. The van der Waals surface area contributed by atoms with Gasteiger partial charge in [0, 0.05) is 22.4 Å². The number of carbonyl (C=O) groups is 2. The fraction of sp³-hybridized carbons (Fsp3) is 0.0909. The summed E-state index contributed by atoms with van der Waals surface area (Å²) in [6.45, 7) is 0. The van der Waals surface area contributed by atoms with E-state index in [1.807, 2.05) is 0 Å². The molecule has 13 nitrogen and oxygen atoms in total. The molecule has 0 aliphatic heterocycles. The molecule has 0 radical (unpaired) electrons. The largest absolute Gasteiger partial charge is 0.445 e. The number of rotatable bonds is 7. The summed E-state index contributed by atoms with van der Waals surface area (Å²) in [7, 11) is -14.4. The number of nitrogens with two attached hydrogens (primary N) is 1. The first-order valence-corrected chi connectivity index (χ1v) is 14.7. The third kappa shape index (κ3) is 5.04. The molecule has 1 unspecified atom stereocenters. The van der Waals surface area contributed by atoms with Crippen LogP contribution in [0.5, 0.6) is 0 Å². The summed E-state index contributed by atoms with van der Waals surface area (Å²) in [5.41, 5.74) is 3.31. The molecular formula is C22H18N2O11S3. The van der Waals surface area contributed by atoms with Gasteiger partial charge in [-0.2, -0.15) is 16.8 Å². The molecule has 4 rings (SSSR count). The van der Waals surface area contributed by atoms with Crippen LogP contribution in [0.2, 0.25) is 0 Å². The minimum absolute atomic E-state index is 0.0373. The topological polar surface area (TPSA) is 224 Å². The van der Waals surface area contributed by atoms with Gasteiger partial charge in [-0.3, -0.25) is 18.7 Å². The fourth-order valence-corrected chi connectivity index (χ4v) is 6.21. The highest BCUT2D eigenvalue weighted by atomic mass is 32.3. The van der Waals surface area contributed by atoms with E-state index in [0.29, 0.717) is 5.41 Å². The second kappa shape index (κ2) is 9.26. The van der Waals surface area contributed by atoms with E-state index in [4.69, 9.17) is 10.3 Å². The first kappa shape index (κ1) is 27.4. The molecular weight excluding hydrogens is 564 g/mol. The molecule has 5 N–H and O–H groups in total. The molecule has 200 valence electrons. The van der Waals surface area contributed by atoms with Crippen molar-refractivity contribution in [3.05, 3.63) is 93.5 Å². The molecule has 2 aliphatic rings. The van der Waals surface area contributed by atoms with Gasteiger partial charge in [-0.05, 0) is 24.6 Å². The molecule has 0 bridgehead atoms. The van der Waals surface area contributed by atoms with E-state index in [1.165, 1.54) is 30.3 Å². The maximum Gasteiger partial charge on any atom is 0.445 e. The Bertz CT molecular complexity index is 1810. The molecule has 2 aliphatic carbocycles. The number of anilines is 1. The quantitative estimate of drug-likeness (QED) is 0.206. The number of fused-ring (bicyclic) bond motifs is 1. The maximum absolute atomic E-state index is 13.5. The predicted octanol–water partition coefficient (Wildman–Crippen LogP) is 1.37. The van der Waals surface area contributed by atoms with Gasteiger partial charge < -0.3 is 15.2 Å². The van der Waals surface area contributed by atoms with Crippen molar-refractivity contribution in [2.24, 2.45) is 5.73 Å². The zero-order valence-electron chi connectivity index (χ0n) is 18.9. The van der Waals surface area contributed by atoms with Crippen molar-refractivity contribution in [3.63, 3.8) is 0 Å². The average Bonchev–Trinajstić information content (AvgIpc) is 2.80. The molecule has 0 amide bonds. The molecule has 2 aromatic carbocycles. The van der Waals surface area contributed by atoms with Gasteiger partial charge in [0.25, 0.3) is 10.1 Å². The highest BCUT2D eigenvalue weighted by Gasteiger charge is 2.50. The number of ketones is 2. The van der Waals surface area contributed by atoms with Crippen LogP contribution in [-0.4, -0.2) is 51.6 Å². The summed E-state index contributed by atoms with van der Waals surface area (Å²) >= 11 is 0. The smallest absolute Gasteiger partial charge is 0.369 e. The number of Topliss-reactive ketones (excluding diaryl/α,β-unsaturated/α-hetero) is 2. The summed E-state index contributed by atoms with van der Waals surface area (Å²) < 4.78 is 93.4. The standard InChI is InChI=1S/C22H18N2O11S3/c23-22(24-13-4-3-5-14(12-13)36(27,28)11-10-35-38(32,33)34)18(37(29,30)31)9-8-17-19(22)21(26)16-7-2-1-6-15(16)20(17)25/h1-7,9-12,24H,8,23H2,(H,29,30,31)(H,32,33,34)/b11-10+. The van der Waals surface area contributed by atoms with Gasteiger partial charge in [0.05, 0.1) is 15.9 Å². The van der Waals surface area contributed by atoms with Gasteiger partial charge in [0.15, 0.2) is 17.2 Å². The van der Waals surface area contributed by atoms with E-state index in [9.17, 15) is 39.4 Å². The Balaban J connectivity index is 1.82. The molecule has 0 heterocycles. The lowest BCUT2D eigenvalue weighted by Gasteiger charge is -2.39. The van der Waals surface area contributed by atoms with E-state index in [0.717, 1.165) is 18.2 Å². The number of carbonyl (C=O) groups excluding carboxylic acids is 2. The highest BCUT2D eigenvalue weighted by molar-refractivity contribution is 7.94. The first-order chi connectivity index (χ1) is 17.5. The van der Waals surface area contributed by atoms with Gasteiger partial charge in [0.2, 0.25) is 9.84 Å². The van der Waals surface area contributed by atoms with Gasteiger partial charge in [0.1, 0.15) is 11.2 Å². The Morgan fingerprint density at radius 1 is 0.921 bits per heavy atom. The molecule has 0 saturated heterocycles. The van der Waals surface area contributed by atoms with E-state index in [2.05, 4.69) is 9.50 Å². The molecule has 2 aromatic rings. The minimum atomic E-state index is -5.04. The maximum atomic E-state index is 13.5. The highest BCUT2D eigenvalue weighted by Crippen LogP contribution is 2.42. The van der Waals surface area contributed by atoms with Crippen molar-refractivity contribution >= 4 is 47.6 Å². The van der Waals surface area contributed by atoms with Crippen LogP contribution in [0, 0.1) is 0 Å². The van der Waals surface area contributed by atoms with Gasteiger partial charge >= 0.3 is 10.4 Å². The zero-order valence-corrected chi connectivity index (χ0v) is 21.4. The number of benzene rings is 2. The van der Waals surface area contributed by atoms with Crippen LogP contribution in [0.4, 0.5) is 5.69 Å². The Hall–Kier alpha value is -3.67. The molecule has 1 atom stereocenters. The van der Waals surface area contributed by atoms with Crippen LogP contribution >= 0.6 is 0 Å². The lowest BCUT2D eigenvalue weighted by atomic mass is 9.75. The Kier molecular flexibility index (Phi) is 6.67. The second-order valence-electron chi connectivity index (χ2n) is 8.11. The van der Waals surface area contributed by atoms with Crippen molar-refractivity contribution < 1.29 is 48.1 Å². The number of hydrogen-bond acceptors (Lipinski definition) is 11. The van der Waals surface area contributed by atoms with Crippen molar-refractivity contribution in [1.82, 2.24) is 0 Å². The Labute approximate surface area is 216 Å². The number of sulfone groups is 1. The summed E-state index contributed by atoms with van der Waals surface area (Å²) in [6.07, 6.45) is 0.879. The molecule has 0 spiro atoms. The molecule has 0 saturated carbocycles. The normalized spacial score (nSPS) is 20.1. The van der Waals surface area contributed by atoms with Crippen molar-refractivity contribution in [2.45, 2.75) is 17.0 Å². The van der Waals surface area contributed by atoms with E-state index < -0.39 is 63.0 Å². The lowest BCUT2D eigenvalue weighted by molar-refractivity contribution is 0.0963. The summed E-state index contributed by atoms with van der Waals surface area (Å²) in [4.78, 5) is 25.3. The average molecular weight is 583 g/mol. The van der Waals surface area contributed by atoms with Crippen LogP contribution in [-0.2, 0) is 34.5 Å². The van der Waals surface area contributed by atoms with Gasteiger partial charge in [-0.25, -0.2) is 8.42 Å². The number of hydrogen-bond donors (Lipinski definition) is 4. The van der Waals surface area contributed by atoms with Crippen LogP contribution in [0.1, 0.15) is 27.1 Å². The molecule has 38 heavy (non-hydrogen) atoms. The van der Waals surface area contributed by atoms with E-state index >= 15 is 0 Å². The minimum Gasteiger partial charge on any atom is -0.369 e. The Morgan fingerprint density at radius 3 is 2.16 bits per heavy atom. The third-order valence-corrected chi connectivity index (χ3v) is 8.47. The number of nitrogens with one attached hydrogen (secondary N) is 1. The van der Waals surface area contributed by atoms with E-state index in [-0.39, 0.29) is 35.1 Å². The van der Waals surface area contributed by atoms with Crippen LogP contribution in [0.25, 0.3) is 0 Å². The van der Waals surface area contributed by atoms with Crippen molar-refractivity contribution in [3.8, 4) is 0 Å². The van der Waals surface area contributed by atoms with Gasteiger partial charge in [-0.1, -0.05) is 36.4 Å². The molecule has 16 heteroatoms. The lowest BCUT2D eigenvalue weighted by Crippen LogP contribution is -2.57. The summed E-state index contributed by atoms with van der Waals surface area (Å²) in [6, 6.07) is 10.4. The van der Waals surface area contributed by atoms with Gasteiger partial charge in [-0.15, -0.1) is 0 Å². The van der Waals surface area contributed by atoms with Crippen molar-refractivity contribution in [1.29, 1.82) is 0 Å².